The lowest BCUT2D eigenvalue weighted by Gasteiger charge is -2.34. The van der Waals surface area contributed by atoms with Crippen LogP contribution < -0.4 is 0 Å². The summed E-state index contributed by atoms with van der Waals surface area (Å²) in [5.41, 5.74) is 6.41. The molecule has 0 bridgehead atoms. The Kier molecular flexibility index (Phi) is 5.11. The number of hydrogen-bond acceptors (Lipinski definition) is 0. The summed E-state index contributed by atoms with van der Waals surface area (Å²) in [6, 6.07) is 4.89. The highest BCUT2D eigenvalue weighted by molar-refractivity contribution is 14.1. The van der Waals surface area contributed by atoms with Crippen molar-refractivity contribution in [2.24, 2.45) is 0 Å². The van der Waals surface area contributed by atoms with Gasteiger partial charge in [0.1, 0.15) is 11.5 Å². The highest BCUT2D eigenvalue weighted by Crippen LogP contribution is 2.47. The minimum atomic E-state index is -4.09. The number of rotatable bonds is 3. The molecule has 0 unspecified atom stereocenters. The minimum Gasteiger partial charge on any atom is -0.393 e. The van der Waals surface area contributed by atoms with E-state index >= 15 is 13.0 Å². The zero-order chi connectivity index (χ0) is 22.1. The average molecular weight is 524 g/mol. The Bertz CT molecular complexity index is 1200. The zero-order valence-corrected chi connectivity index (χ0v) is 20.3. The molecule has 1 aromatic heterocycles. The average Bonchev–Trinajstić information content (AvgIpc) is 3.09. The van der Waals surface area contributed by atoms with Crippen LogP contribution in [0.4, 0.5) is 13.0 Å². The van der Waals surface area contributed by atoms with E-state index in [-0.39, 0.29) is 0 Å². The van der Waals surface area contributed by atoms with E-state index in [0.717, 1.165) is 25.8 Å². The van der Waals surface area contributed by atoms with E-state index in [1.807, 2.05) is 27.7 Å². The van der Waals surface area contributed by atoms with Crippen molar-refractivity contribution in [1.29, 1.82) is 0 Å². The van der Waals surface area contributed by atoms with Gasteiger partial charge in [-0.05, 0) is 91.2 Å². The molecule has 0 amide bonds. The lowest BCUT2D eigenvalue weighted by Crippen LogP contribution is -2.51. The van der Waals surface area contributed by atoms with Crippen LogP contribution in [-0.4, -0.2) is 21.6 Å². The van der Waals surface area contributed by atoms with Crippen LogP contribution >= 0.6 is 22.6 Å². The van der Waals surface area contributed by atoms with Gasteiger partial charge in [-0.25, -0.2) is 4.39 Å². The normalized spacial score (nSPS) is 17.8. The van der Waals surface area contributed by atoms with Gasteiger partial charge in [0, 0.05) is 32.9 Å². The van der Waals surface area contributed by atoms with E-state index < -0.39 is 12.8 Å². The molecule has 158 valence electrons. The quantitative estimate of drug-likeness (QED) is 0.315. The number of allylic oxidation sites excluding steroid dienone is 2. The van der Waals surface area contributed by atoms with E-state index in [2.05, 4.69) is 22.6 Å². The molecule has 2 aromatic rings. The van der Waals surface area contributed by atoms with Crippen molar-refractivity contribution < 1.29 is 17.5 Å². The van der Waals surface area contributed by atoms with Crippen LogP contribution in [0.2, 0.25) is 0 Å². The molecule has 1 aromatic carbocycles. The summed E-state index contributed by atoms with van der Waals surface area (Å²) in [5, 5.41) is 0. The minimum absolute atomic E-state index is 0.377. The molecule has 0 spiro atoms. The lowest BCUT2D eigenvalue weighted by atomic mass is 9.83. The topological polar surface area (TPSA) is 7.94 Å². The molecule has 0 fully saturated rings. The van der Waals surface area contributed by atoms with E-state index in [1.165, 1.54) is 15.0 Å². The van der Waals surface area contributed by atoms with Crippen molar-refractivity contribution in [3.8, 4) is 0 Å². The number of halogens is 4. The van der Waals surface area contributed by atoms with Gasteiger partial charge in [-0.3, -0.25) is 0 Å². The second-order valence-electron chi connectivity index (χ2n) is 8.11. The third-order valence-corrected chi connectivity index (χ3v) is 7.36. The standard InChI is InChI=1S/C23H25BF3IN2/c1-7-17-12(3)22-21(19-11-16(28)9-10-20(19)25)23-13(4)18(8-2)15(6)30(23)24(26,27)29(22)14(17)5/h9-11H,7-8H2,1-6H3. The maximum atomic E-state index is 16.1. The number of aromatic nitrogens is 1. The molecule has 2 aliphatic heterocycles. The highest BCUT2D eigenvalue weighted by Gasteiger charge is 2.56. The molecule has 0 saturated heterocycles. The first kappa shape index (κ1) is 21.5. The van der Waals surface area contributed by atoms with Crippen molar-refractivity contribution in [3.05, 3.63) is 72.5 Å². The molecule has 0 N–H and O–H groups in total. The third-order valence-electron chi connectivity index (χ3n) is 6.69. The Balaban J connectivity index is 2.27. The van der Waals surface area contributed by atoms with Crippen molar-refractivity contribution in [1.82, 2.24) is 4.48 Å². The summed E-state index contributed by atoms with van der Waals surface area (Å²) in [6.45, 7) is 7.15. The van der Waals surface area contributed by atoms with Gasteiger partial charge in [-0.15, -0.1) is 0 Å². The molecule has 0 saturated carbocycles. The first-order valence-electron chi connectivity index (χ1n) is 10.3. The lowest BCUT2D eigenvalue weighted by molar-refractivity contribution is -0.363. The summed E-state index contributed by atoms with van der Waals surface area (Å²) < 4.78 is 50.6. The Morgan fingerprint density at radius 3 is 2.33 bits per heavy atom. The fraction of sp³-hybridized carbons (Fsp3) is 0.348. The fourth-order valence-corrected chi connectivity index (χ4v) is 5.91. The summed E-state index contributed by atoms with van der Waals surface area (Å²) in [4.78, 5) is 0. The number of fused-ring (bicyclic) bond motifs is 2. The molecule has 2 aliphatic rings. The van der Waals surface area contributed by atoms with Gasteiger partial charge in [0.15, 0.2) is 5.70 Å². The van der Waals surface area contributed by atoms with Crippen LogP contribution in [0.25, 0.3) is 5.57 Å². The third kappa shape index (κ3) is 2.66. The Hall–Kier alpha value is -1.77. The molecular weight excluding hydrogens is 499 g/mol. The predicted octanol–water partition coefficient (Wildman–Crippen LogP) is 6.62. The molecule has 0 aliphatic carbocycles. The second-order valence-corrected chi connectivity index (χ2v) is 9.36. The first-order chi connectivity index (χ1) is 14.1. The highest BCUT2D eigenvalue weighted by atomic mass is 127. The van der Waals surface area contributed by atoms with Crippen LogP contribution in [-0.2, 0) is 6.42 Å². The largest absolute Gasteiger partial charge is 0.737 e. The Labute approximate surface area is 189 Å². The van der Waals surface area contributed by atoms with E-state index in [9.17, 15) is 0 Å². The number of hydrogen-bond donors (Lipinski definition) is 0. The molecule has 4 rings (SSSR count). The van der Waals surface area contributed by atoms with Gasteiger partial charge in [-0.2, -0.15) is 0 Å². The van der Waals surface area contributed by atoms with Crippen molar-refractivity contribution in [2.75, 3.05) is 0 Å². The second kappa shape index (κ2) is 7.14. The molecule has 0 radical (unpaired) electrons. The van der Waals surface area contributed by atoms with E-state index in [1.54, 1.807) is 26.0 Å². The summed E-state index contributed by atoms with van der Waals surface area (Å²) in [6.07, 6.45) is 1.30. The Morgan fingerprint density at radius 1 is 1.07 bits per heavy atom. The van der Waals surface area contributed by atoms with E-state index in [4.69, 9.17) is 0 Å². The molecule has 0 atom stereocenters. The van der Waals surface area contributed by atoms with Crippen LogP contribution in [0.5, 0.6) is 0 Å². The van der Waals surface area contributed by atoms with Gasteiger partial charge in [0.25, 0.3) is 0 Å². The van der Waals surface area contributed by atoms with Gasteiger partial charge in [0.2, 0.25) is 0 Å². The smallest absolute Gasteiger partial charge is 0.393 e. The van der Waals surface area contributed by atoms with Crippen molar-refractivity contribution in [3.63, 3.8) is 0 Å². The summed E-state index contributed by atoms with van der Waals surface area (Å²) in [7, 11) is 0. The molecular formula is C23H25BF3IN2. The molecule has 7 heteroatoms. The van der Waals surface area contributed by atoms with Gasteiger partial charge in [0.05, 0.1) is 5.57 Å². The Morgan fingerprint density at radius 2 is 1.73 bits per heavy atom. The monoisotopic (exact) mass is 524 g/mol. The predicted molar refractivity (Wildman–Crippen MR) is 126 cm³/mol. The molecule has 2 nitrogen and oxygen atoms in total. The van der Waals surface area contributed by atoms with Crippen molar-refractivity contribution >= 4 is 40.8 Å². The SMILES string of the molecule is CCC1=C(C)C2=C(c3cc(I)ccc3F)c3c(C)c(CC)c(C)n3[B-](F)(F)[N+]2=C1C. The zero-order valence-electron chi connectivity index (χ0n) is 18.1. The fourth-order valence-electron chi connectivity index (χ4n) is 5.42. The van der Waals surface area contributed by atoms with Gasteiger partial charge < -0.3 is 17.6 Å². The van der Waals surface area contributed by atoms with E-state index in [0.29, 0.717) is 46.8 Å². The maximum absolute atomic E-state index is 16.1. The number of benzene rings is 1. The van der Waals surface area contributed by atoms with Gasteiger partial charge in [-0.1, -0.05) is 13.8 Å². The van der Waals surface area contributed by atoms with Crippen LogP contribution in [0.3, 0.4) is 0 Å². The summed E-state index contributed by atoms with van der Waals surface area (Å²) >= 11 is 2.14. The van der Waals surface area contributed by atoms with Crippen LogP contribution in [0, 0.1) is 23.2 Å². The first-order valence-corrected chi connectivity index (χ1v) is 11.4. The number of nitrogens with zero attached hydrogens (tertiary/aromatic N) is 2. The van der Waals surface area contributed by atoms with Crippen molar-refractivity contribution in [2.45, 2.75) is 54.4 Å². The van der Waals surface area contributed by atoms with Crippen LogP contribution in [0.15, 0.2) is 35.0 Å². The molecule has 30 heavy (non-hydrogen) atoms. The van der Waals surface area contributed by atoms with Gasteiger partial charge >= 0.3 is 6.97 Å². The van der Waals surface area contributed by atoms with Crippen LogP contribution in [0.1, 0.15) is 62.2 Å². The molecule has 3 heterocycles. The maximum Gasteiger partial charge on any atom is 0.737 e. The summed E-state index contributed by atoms with van der Waals surface area (Å²) in [5.74, 6) is -0.395.